The van der Waals surface area contributed by atoms with Crippen LogP contribution in [0.1, 0.15) is 265 Å². The standard InChI is InChI=1S/C53H96O6/c1-4-7-10-13-16-19-22-24-25-26-27-29-32-34-37-40-43-46-52(55)58-49-50(59-53(56)47-44-41-38-35-30-21-18-15-12-9-6-3)48-57-51(54)45-42-39-36-33-31-28-23-20-17-14-11-8-5-2/h16,19,24-25,27,29,50H,4-15,17-18,20-23,26,28,30-49H2,1-3H3/b19-16-,25-24-,29-27-/t50-/m0/s1. The Morgan fingerprint density at radius 2 is 0.610 bits per heavy atom. The molecule has 0 aromatic carbocycles. The molecule has 1 atom stereocenters. The molecule has 0 saturated heterocycles. The summed E-state index contributed by atoms with van der Waals surface area (Å²) in [7, 11) is 0. The molecule has 0 rings (SSSR count). The Morgan fingerprint density at radius 1 is 0.339 bits per heavy atom. The van der Waals surface area contributed by atoms with E-state index in [1.165, 1.54) is 141 Å². The number of hydrogen-bond donors (Lipinski definition) is 0. The molecule has 0 unspecified atom stereocenters. The Morgan fingerprint density at radius 3 is 0.983 bits per heavy atom. The van der Waals surface area contributed by atoms with Gasteiger partial charge in [0.1, 0.15) is 13.2 Å². The average Bonchev–Trinajstić information content (AvgIpc) is 3.23. The molecule has 0 N–H and O–H groups in total. The van der Waals surface area contributed by atoms with Gasteiger partial charge in [0.25, 0.3) is 0 Å². The van der Waals surface area contributed by atoms with Gasteiger partial charge in [-0.3, -0.25) is 14.4 Å². The van der Waals surface area contributed by atoms with Crippen LogP contribution in [0.5, 0.6) is 0 Å². The largest absolute Gasteiger partial charge is 0.462 e. The minimum absolute atomic E-state index is 0.0754. The van der Waals surface area contributed by atoms with Crippen molar-refractivity contribution in [1.29, 1.82) is 0 Å². The first-order chi connectivity index (χ1) is 29.0. The van der Waals surface area contributed by atoms with E-state index in [0.29, 0.717) is 19.3 Å². The van der Waals surface area contributed by atoms with Gasteiger partial charge in [-0.1, -0.05) is 224 Å². The fourth-order valence-electron chi connectivity index (χ4n) is 7.27. The summed E-state index contributed by atoms with van der Waals surface area (Å²) in [5.41, 5.74) is 0. The van der Waals surface area contributed by atoms with Gasteiger partial charge in [-0.2, -0.15) is 0 Å². The lowest BCUT2D eigenvalue weighted by atomic mass is 10.0. The first-order valence-corrected chi connectivity index (χ1v) is 25.5. The minimum atomic E-state index is -0.775. The van der Waals surface area contributed by atoms with Crippen LogP contribution in [0.25, 0.3) is 0 Å². The van der Waals surface area contributed by atoms with Crippen molar-refractivity contribution >= 4 is 17.9 Å². The van der Waals surface area contributed by atoms with Crippen LogP contribution in [-0.2, 0) is 28.6 Å². The van der Waals surface area contributed by atoms with Gasteiger partial charge in [0, 0.05) is 19.3 Å². The maximum atomic E-state index is 12.7. The highest BCUT2D eigenvalue weighted by Crippen LogP contribution is 2.15. The molecule has 0 radical (unpaired) electrons. The van der Waals surface area contributed by atoms with Crippen LogP contribution >= 0.6 is 0 Å². The lowest BCUT2D eigenvalue weighted by molar-refractivity contribution is -0.167. The van der Waals surface area contributed by atoms with Crippen molar-refractivity contribution in [3.63, 3.8) is 0 Å². The van der Waals surface area contributed by atoms with Gasteiger partial charge >= 0.3 is 17.9 Å². The third-order valence-electron chi connectivity index (χ3n) is 11.1. The fourth-order valence-corrected chi connectivity index (χ4v) is 7.27. The predicted molar refractivity (Wildman–Crippen MR) is 252 cm³/mol. The van der Waals surface area contributed by atoms with Crippen molar-refractivity contribution in [2.24, 2.45) is 0 Å². The molecule has 0 fully saturated rings. The van der Waals surface area contributed by atoms with Gasteiger partial charge < -0.3 is 14.2 Å². The Bertz CT molecular complexity index is 1000. The molecule has 0 heterocycles. The summed E-state index contributed by atoms with van der Waals surface area (Å²) in [6.45, 7) is 6.60. The zero-order valence-electron chi connectivity index (χ0n) is 39.3. The quantitative estimate of drug-likeness (QED) is 0.0263. The van der Waals surface area contributed by atoms with E-state index in [2.05, 4.69) is 57.2 Å². The SMILES string of the molecule is CCCCC/C=C\C/C=C\C/C=C\CCCCCCC(=O)OC[C@H](COC(=O)CCCCCCCCCCCCCCC)OC(=O)CCCCCCCCCCCCC. The van der Waals surface area contributed by atoms with Crippen molar-refractivity contribution in [2.75, 3.05) is 13.2 Å². The highest BCUT2D eigenvalue weighted by Gasteiger charge is 2.19. The van der Waals surface area contributed by atoms with Crippen molar-refractivity contribution < 1.29 is 28.6 Å². The second-order valence-corrected chi connectivity index (χ2v) is 17.1. The van der Waals surface area contributed by atoms with E-state index < -0.39 is 6.10 Å². The Hall–Kier alpha value is -2.37. The van der Waals surface area contributed by atoms with Crippen molar-refractivity contribution in [3.8, 4) is 0 Å². The molecule has 0 aliphatic heterocycles. The number of unbranched alkanes of at least 4 members (excludes halogenated alkanes) is 29. The summed E-state index contributed by atoms with van der Waals surface area (Å²) < 4.78 is 16.8. The second kappa shape index (κ2) is 48.3. The fraction of sp³-hybridized carbons (Fsp3) is 0.830. The number of hydrogen-bond acceptors (Lipinski definition) is 6. The summed E-state index contributed by atoms with van der Waals surface area (Å²) in [4.78, 5) is 37.9. The molecular formula is C53H96O6. The maximum Gasteiger partial charge on any atom is 0.306 e. The monoisotopic (exact) mass is 829 g/mol. The normalized spacial score (nSPS) is 12.3. The van der Waals surface area contributed by atoms with Crippen LogP contribution in [0, 0.1) is 0 Å². The third kappa shape index (κ3) is 46.5. The smallest absolute Gasteiger partial charge is 0.306 e. The number of rotatable bonds is 46. The second-order valence-electron chi connectivity index (χ2n) is 17.1. The minimum Gasteiger partial charge on any atom is -0.462 e. The zero-order valence-corrected chi connectivity index (χ0v) is 39.3. The van der Waals surface area contributed by atoms with Gasteiger partial charge in [0.05, 0.1) is 0 Å². The summed E-state index contributed by atoms with van der Waals surface area (Å²) >= 11 is 0. The van der Waals surface area contributed by atoms with E-state index in [-0.39, 0.29) is 31.1 Å². The zero-order chi connectivity index (χ0) is 43.0. The summed E-state index contributed by atoms with van der Waals surface area (Å²) in [5, 5.41) is 0. The van der Waals surface area contributed by atoms with Crippen LogP contribution in [0.3, 0.4) is 0 Å². The average molecular weight is 829 g/mol. The van der Waals surface area contributed by atoms with E-state index in [1.54, 1.807) is 0 Å². The number of ether oxygens (including phenoxy) is 3. The Labute approximate surface area is 365 Å². The molecule has 344 valence electrons. The lowest BCUT2D eigenvalue weighted by Gasteiger charge is -2.18. The predicted octanol–water partition coefficient (Wildman–Crippen LogP) is 16.5. The summed E-state index contributed by atoms with van der Waals surface area (Å²) in [5.74, 6) is -0.889. The topological polar surface area (TPSA) is 78.9 Å². The molecular weight excluding hydrogens is 733 g/mol. The molecule has 6 nitrogen and oxygen atoms in total. The van der Waals surface area contributed by atoms with Crippen molar-refractivity contribution in [3.05, 3.63) is 36.5 Å². The Balaban J connectivity index is 4.36. The van der Waals surface area contributed by atoms with E-state index in [9.17, 15) is 14.4 Å². The summed E-state index contributed by atoms with van der Waals surface area (Å²) in [6.07, 6.45) is 55.5. The molecule has 0 aliphatic carbocycles. The number of carbonyl (C=O) groups is 3. The van der Waals surface area contributed by atoms with Crippen LogP contribution in [0.15, 0.2) is 36.5 Å². The molecule has 0 aliphatic rings. The molecule has 0 bridgehead atoms. The third-order valence-corrected chi connectivity index (χ3v) is 11.1. The first-order valence-electron chi connectivity index (χ1n) is 25.5. The Kier molecular flexibility index (Phi) is 46.4. The molecule has 0 spiro atoms. The van der Waals surface area contributed by atoms with E-state index in [4.69, 9.17) is 14.2 Å². The van der Waals surface area contributed by atoms with Gasteiger partial charge in [-0.05, 0) is 57.8 Å². The number of allylic oxidation sites excluding steroid dienone is 6. The van der Waals surface area contributed by atoms with Gasteiger partial charge in [-0.15, -0.1) is 0 Å². The summed E-state index contributed by atoms with van der Waals surface area (Å²) in [6, 6.07) is 0. The molecule has 6 heteroatoms. The molecule has 59 heavy (non-hydrogen) atoms. The van der Waals surface area contributed by atoms with Crippen molar-refractivity contribution in [2.45, 2.75) is 271 Å². The molecule has 0 amide bonds. The van der Waals surface area contributed by atoms with Gasteiger partial charge in [0.2, 0.25) is 0 Å². The van der Waals surface area contributed by atoms with Crippen LogP contribution < -0.4 is 0 Å². The molecule has 0 aromatic heterocycles. The van der Waals surface area contributed by atoms with Crippen LogP contribution in [-0.4, -0.2) is 37.2 Å². The van der Waals surface area contributed by atoms with E-state index in [0.717, 1.165) is 83.5 Å². The van der Waals surface area contributed by atoms with Crippen LogP contribution in [0.4, 0.5) is 0 Å². The van der Waals surface area contributed by atoms with Crippen LogP contribution in [0.2, 0.25) is 0 Å². The number of esters is 3. The maximum absolute atomic E-state index is 12.7. The first kappa shape index (κ1) is 56.6. The van der Waals surface area contributed by atoms with Crippen molar-refractivity contribution in [1.82, 2.24) is 0 Å². The highest BCUT2D eigenvalue weighted by atomic mass is 16.6. The van der Waals surface area contributed by atoms with Gasteiger partial charge in [-0.25, -0.2) is 0 Å². The molecule has 0 saturated carbocycles. The highest BCUT2D eigenvalue weighted by molar-refractivity contribution is 5.71. The van der Waals surface area contributed by atoms with Gasteiger partial charge in [0.15, 0.2) is 6.10 Å². The lowest BCUT2D eigenvalue weighted by Crippen LogP contribution is -2.30. The molecule has 0 aromatic rings. The van der Waals surface area contributed by atoms with E-state index >= 15 is 0 Å². The van der Waals surface area contributed by atoms with E-state index in [1.807, 2.05) is 0 Å². The number of carbonyl (C=O) groups excluding carboxylic acids is 3.